The van der Waals surface area contributed by atoms with E-state index in [0.29, 0.717) is 6.42 Å². The fourth-order valence-corrected chi connectivity index (χ4v) is 4.94. The van der Waals surface area contributed by atoms with Crippen molar-refractivity contribution in [1.82, 2.24) is 9.88 Å². The summed E-state index contributed by atoms with van der Waals surface area (Å²) in [7, 11) is 1.81. The number of rotatable bonds is 9. The Kier molecular flexibility index (Phi) is 7.75. The van der Waals surface area contributed by atoms with Crippen molar-refractivity contribution in [3.8, 4) is 0 Å². The number of unbranched alkanes of at least 4 members (excludes halogenated alkanes) is 1. The number of anilines is 1. The fraction of sp³-hybridized carbons (Fsp3) is 0.464. The second-order valence-electron chi connectivity index (χ2n) is 9.05. The van der Waals surface area contributed by atoms with E-state index < -0.39 is 0 Å². The number of benzene rings is 2. The smallest absolute Gasteiger partial charge is 0.128 e. The summed E-state index contributed by atoms with van der Waals surface area (Å²) in [4.78, 5) is 7.28. The summed E-state index contributed by atoms with van der Waals surface area (Å²) in [6, 6.07) is 12.0. The Balaban J connectivity index is 1.49. The third kappa shape index (κ3) is 5.47. The highest BCUT2D eigenvalue weighted by molar-refractivity contribution is 5.84. The van der Waals surface area contributed by atoms with Crippen molar-refractivity contribution in [2.24, 2.45) is 0 Å². The Labute approximate surface area is 192 Å². The number of likely N-dealkylation sites (tertiary alicyclic amines) is 1. The third-order valence-corrected chi connectivity index (χ3v) is 6.88. The number of piperidine rings is 1. The van der Waals surface area contributed by atoms with Gasteiger partial charge in [-0.3, -0.25) is 4.98 Å². The van der Waals surface area contributed by atoms with Gasteiger partial charge in [-0.25, -0.2) is 4.39 Å². The van der Waals surface area contributed by atoms with Crippen LogP contribution in [0.4, 0.5) is 10.1 Å². The summed E-state index contributed by atoms with van der Waals surface area (Å²) >= 11 is 0. The molecule has 1 aliphatic rings. The highest BCUT2D eigenvalue weighted by Gasteiger charge is 2.12. The molecule has 1 N–H and O–H groups in total. The molecule has 3 aromatic rings. The molecule has 1 saturated heterocycles. The van der Waals surface area contributed by atoms with E-state index in [1.54, 1.807) is 6.07 Å². The lowest BCUT2D eigenvalue weighted by Crippen LogP contribution is -2.30. The van der Waals surface area contributed by atoms with Crippen LogP contribution in [0.1, 0.15) is 61.3 Å². The van der Waals surface area contributed by atoms with Crippen LogP contribution < -0.4 is 5.32 Å². The molecule has 4 rings (SSSR count). The Morgan fingerprint density at radius 3 is 2.53 bits per heavy atom. The van der Waals surface area contributed by atoms with Gasteiger partial charge in [0, 0.05) is 30.7 Å². The van der Waals surface area contributed by atoms with Crippen LogP contribution in [0, 0.1) is 5.82 Å². The summed E-state index contributed by atoms with van der Waals surface area (Å²) in [5.41, 5.74) is 6.50. The Morgan fingerprint density at radius 1 is 0.938 bits per heavy atom. The lowest BCUT2D eigenvalue weighted by molar-refractivity contribution is 0.225. The quantitative estimate of drug-likeness (QED) is 0.397. The molecule has 1 fully saturated rings. The first kappa shape index (κ1) is 22.7. The first-order valence-electron chi connectivity index (χ1n) is 12.3. The zero-order chi connectivity index (χ0) is 22.3. The van der Waals surface area contributed by atoms with Crippen LogP contribution >= 0.6 is 0 Å². The number of pyridine rings is 1. The number of aromatic nitrogens is 1. The van der Waals surface area contributed by atoms with Crippen LogP contribution in [0.3, 0.4) is 0 Å². The highest BCUT2D eigenvalue weighted by atomic mass is 19.1. The van der Waals surface area contributed by atoms with Gasteiger partial charge in [-0.2, -0.15) is 0 Å². The molecule has 170 valence electrons. The zero-order valence-electron chi connectivity index (χ0n) is 19.6. The number of hydrogen-bond donors (Lipinski definition) is 1. The van der Waals surface area contributed by atoms with Gasteiger partial charge in [-0.1, -0.05) is 19.4 Å². The molecule has 0 unspecified atom stereocenters. The molecule has 32 heavy (non-hydrogen) atoms. The predicted molar refractivity (Wildman–Crippen MR) is 133 cm³/mol. The van der Waals surface area contributed by atoms with E-state index in [4.69, 9.17) is 0 Å². The van der Waals surface area contributed by atoms with E-state index in [1.807, 2.05) is 31.4 Å². The van der Waals surface area contributed by atoms with Crippen molar-refractivity contribution in [3.05, 3.63) is 70.7 Å². The summed E-state index contributed by atoms with van der Waals surface area (Å²) in [6.07, 6.45) is 11.2. The molecule has 4 heteroatoms. The van der Waals surface area contributed by atoms with Crippen LogP contribution in [0.5, 0.6) is 0 Å². The van der Waals surface area contributed by atoms with Gasteiger partial charge in [0.25, 0.3) is 0 Å². The largest absolute Gasteiger partial charge is 0.388 e. The summed E-state index contributed by atoms with van der Waals surface area (Å²) in [5, 5.41) is 4.15. The first-order valence-corrected chi connectivity index (χ1v) is 12.3. The molecule has 2 heterocycles. The molecular formula is C28H36FN3. The van der Waals surface area contributed by atoms with Crippen molar-refractivity contribution in [3.63, 3.8) is 0 Å². The minimum atomic E-state index is -0.164. The lowest BCUT2D eigenvalue weighted by atomic mass is 9.94. The third-order valence-electron chi connectivity index (χ3n) is 6.88. The SMILES string of the molecule is CCc1cc2c(Cc3ccc(NC)cc3F)ccnc2cc1CCCCN1CCCCC1. The van der Waals surface area contributed by atoms with E-state index in [-0.39, 0.29) is 5.82 Å². The van der Waals surface area contributed by atoms with Crippen molar-refractivity contribution < 1.29 is 4.39 Å². The zero-order valence-corrected chi connectivity index (χ0v) is 19.6. The number of aryl methyl sites for hydroxylation is 2. The highest BCUT2D eigenvalue weighted by Crippen LogP contribution is 2.27. The van der Waals surface area contributed by atoms with Gasteiger partial charge >= 0.3 is 0 Å². The number of fused-ring (bicyclic) bond motifs is 1. The number of hydrogen-bond acceptors (Lipinski definition) is 3. The maximum Gasteiger partial charge on any atom is 0.128 e. The molecule has 1 aliphatic heterocycles. The minimum Gasteiger partial charge on any atom is -0.388 e. The van der Waals surface area contributed by atoms with Gasteiger partial charge in [-0.15, -0.1) is 0 Å². The van der Waals surface area contributed by atoms with Crippen LogP contribution in [0.25, 0.3) is 10.9 Å². The van der Waals surface area contributed by atoms with Crippen LogP contribution in [0.2, 0.25) is 0 Å². The fourth-order valence-electron chi connectivity index (χ4n) is 4.94. The summed E-state index contributed by atoms with van der Waals surface area (Å²) in [6.45, 7) is 6.02. The number of halogens is 1. The van der Waals surface area contributed by atoms with Gasteiger partial charge < -0.3 is 10.2 Å². The maximum absolute atomic E-state index is 14.6. The first-order chi connectivity index (χ1) is 15.7. The topological polar surface area (TPSA) is 28.2 Å². The van der Waals surface area contributed by atoms with Gasteiger partial charge in [-0.05, 0) is 111 Å². The molecule has 0 radical (unpaired) electrons. The molecule has 3 nitrogen and oxygen atoms in total. The van der Waals surface area contributed by atoms with Gasteiger partial charge in [0.1, 0.15) is 5.82 Å². The molecule has 2 aromatic carbocycles. The second-order valence-corrected chi connectivity index (χ2v) is 9.05. The molecule has 0 spiro atoms. The standard InChI is InChI=1S/C28H36FN3/c1-3-21-18-26-23(17-24-10-11-25(30-2)20-27(24)29)12-13-31-28(26)19-22(21)9-5-8-16-32-14-6-4-7-15-32/h10-13,18-20,30H,3-9,14-17H2,1-2H3. The van der Waals surface area contributed by atoms with Crippen molar-refractivity contribution in [2.45, 2.75) is 58.3 Å². The summed E-state index contributed by atoms with van der Waals surface area (Å²) < 4.78 is 14.6. The van der Waals surface area contributed by atoms with E-state index in [0.717, 1.165) is 40.6 Å². The Hall–Kier alpha value is -2.46. The second kappa shape index (κ2) is 10.9. The molecule has 0 saturated carbocycles. The summed E-state index contributed by atoms with van der Waals surface area (Å²) in [5.74, 6) is -0.164. The van der Waals surface area contributed by atoms with Crippen molar-refractivity contribution >= 4 is 16.6 Å². The van der Waals surface area contributed by atoms with Gasteiger partial charge in [0.15, 0.2) is 0 Å². The van der Waals surface area contributed by atoms with E-state index >= 15 is 0 Å². The van der Waals surface area contributed by atoms with Crippen LogP contribution in [0.15, 0.2) is 42.6 Å². The lowest BCUT2D eigenvalue weighted by Gasteiger charge is -2.26. The molecule has 0 atom stereocenters. The monoisotopic (exact) mass is 433 g/mol. The van der Waals surface area contributed by atoms with Gasteiger partial charge in [0.05, 0.1) is 5.52 Å². The van der Waals surface area contributed by atoms with Crippen LogP contribution in [-0.2, 0) is 19.3 Å². The molecule has 0 aliphatic carbocycles. The molecular weight excluding hydrogens is 397 g/mol. The van der Waals surface area contributed by atoms with Crippen LogP contribution in [-0.4, -0.2) is 36.6 Å². The average Bonchev–Trinajstić information content (AvgIpc) is 2.83. The minimum absolute atomic E-state index is 0.164. The Bertz CT molecular complexity index is 1040. The van der Waals surface area contributed by atoms with E-state index in [1.165, 1.54) is 62.9 Å². The predicted octanol–water partition coefficient (Wildman–Crippen LogP) is 6.38. The van der Waals surface area contributed by atoms with E-state index in [9.17, 15) is 4.39 Å². The van der Waals surface area contributed by atoms with E-state index in [2.05, 4.69) is 34.3 Å². The normalized spacial score (nSPS) is 14.7. The van der Waals surface area contributed by atoms with Gasteiger partial charge in [0.2, 0.25) is 0 Å². The van der Waals surface area contributed by atoms with Crippen molar-refractivity contribution in [2.75, 3.05) is 32.0 Å². The molecule has 0 amide bonds. The Morgan fingerprint density at radius 2 is 1.78 bits per heavy atom. The number of nitrogens with one attached hydrogen (secondary N) is 1. The average molecular weight is 434 g/mol. The molecule has 1 aromatic heterocycles. The van der Waals surface area contributed by atoms with Crippen molar-refractivity contribution in [1.29, 1.82) is 0 Å². The maximum atomic E-state index is 14.6. The molecule has 0 bridgehead atoms. The number of nitrogens with zero attached hydrogens (tertiary/aromatic N) is 2.